The van der Waals surface area contributed by atoms with Crippen LogP contribution >= 0.6 is 11.8 Å². The van der Waals surface area contributed by atoms with Crippen molar-refractivity contribution >= 4 is 11.8 Å². The molecule has 0 amide bonds. The zero-order valence-electron chi connectivity index (χ0n) is 10.2. The molecule has 1 aromatic heterocycles. The topological polar surface area (TPSA) is 65.4 Å². The summed E-state index contributed by atoms with van der Waals surface area (Å²) in [5.74, 6) is 1.50. The molecule has 0 aliphatic rings. The van der Waals surface area contributed by atoms with Gasteiger partial charge in [0.25, 0.3) is 0 Å². The summed E-state index contributed by atoms with van der Waals surface area (Å²) in [6, 6.07) is 10.4. The molecule has 4 nitrogen and oxygen atoms in total. The van der Waals surface area contributed by atoms with Crippen molar-refractivity contribution in [3.8, 4) is 17.5 Å². The predicted molar refractivity (Wildman–Crippen MR) is 72.2 cm³/mol. The number of aryl methyl sites for hydroxylation is 1. The van der Waals surface area contributed by atoms with Crippen LogP contribution in [-0.2, 0) is 6.42 Å². The van der Waals surface area contributed by atoms with Crippen LogP contribution in [0.3, 0.4) is 0 Å². The van der Waals surface area contributed by atoms with Crippen molar-refractivity contribution in [1.29, 1.82) is 5.26 Å². The molecule has 92 valence electrons. The Hall–Kier alpha value is -1.80. The summed E-state index contributed by atoms with van der Waals surface area (Å²) >= 11 is 1.49. The first-order chi connectivity index (χ1) is 8.83. The molecule has 0 radical (unpaired) electrons. The number of H-pyrrole nitrogens is 1. The van der Waals surface area contributed by atoms with Crippen molar-refractivity contribution in [1.82, 2.24) is 15.2 Å². The molecular weight excluding hydrogens is 244 g/mol. The molecule has 0 atom stereocenters. The Bertz CT molecular complexity index is 539. The Morgan fingerprint density at radius 2 is 2.11 bits per heavy atom. The number of thioether (sulfide) groups is 1. The van der Waals surface area contributed by atoms with Crippen molar-refractivity contribution in [3.05, 3.63) is 29.8 Å². The number of nitrogens with zero attached hydrogens (tertiary/aromatic N) is 3. The highest BCUT2D eigenvalue weighted by Gasteiger charge is 2.05. The van der Waals surface area contributed by atoms with E-state index in [1.54, 1.807) is 0 Å². The Morgan fingerprint density at radius 3 is 2.78 bits per heavy atom. The van der Waals surface area contributed by atoms with Gasteiger partial charge in [0.05, 0.1) is 6.07 Å². The molecule has 0 unspecified atom stereocenters. The third-order valence-corrected chi connectivity index (χ3v) is 3.39. The maximum Gasteiger partial charge on any atom is 0.208 e. The SMILES string of the molecule is CCc1ccc(-c2nc(SCCC#N)n[nH]2)cc1. The molecule has 0 spiro atoms. The molecule has 0 aliphatic heterocycles. The van der Waals surface area contributed by atoms with Gasteiger partial charge in [-0.3, -0.25) is 5.10 Å². The van der Waals surface area contributed by atoms with Gasteiger partial charge in [-0.2, -0.15) is 5.26 Å². The minimum absolute atomic E-state index is 0.514. The van der Waals surface area contributed by atoms with Crippen molar-refractivity contribution < 1.29 is 0 Å². The van der Waals surface area contributed by atoms with Crippen LogP contribution in [0.15, 0.2) is 29.4 Å². The van der Waals surface area contributed by atoms with Gasteiger partial charge in [0.2, 0.25) is 5.16 Å². The van der Waals surface area contributed by atoms with Crippen molar-refractivity contribution in [2.75, 3.05) is 5.75 Å². The van der Waals surface area contributed by atoms with E-state index in [1.165, 1.54) is 17.3 Å². The lowest BCUT2D eigenvalue weighted by Gasteiger charge is -1.98. The zero-order chi connectivity index (χ0) is 12.8. The van der Waals surface area contributed by atoms with Crippen LogP contribution < -0.4 is 0 Å². The maximum absolute atomic E-state index is 8.46. The van der Waals surface area contributed by atoms with Crippen LogP contribution in [0.4, 0.5) is 0 Å². The van der Waals surface area contributed by atoms with Gasteiger partial charge >= 0.3 is 0 Å². The highest BCUT2D eigenvalue weighted by Crippen LogP contribution is 2.20. The molecule has 0 saturated carbocycles. The van der Waals surface area contributed by atoms with Crippen molar-refractivity contribution in [2.24, 2.45) is 0 Å². The molecule has 0 aliphatic carbocycles. The Labute approximate surface area is 110 Å². The minimum Gasteiger partial charge on any atom is -0.258 e. The van der Waals surface area contributed by atoms with Gasteiger partial charge in [-0.05, 0) is 12.0 Å². The molecule has 18 heavy (non-hydrogen) atoms. The van der Waals surface area contributed by atoms with Crippen molar-refractivity contribution in [2.45, 2.75) is 24.9 Å². The first-order valence-electron chi connectivity index (χ1n) is 5.85. The molecule has 2 rings (SSSR count). The van der Waals surface area contributed by atoms with E-state index in [0.29, 0.717) is 11.6 Å². The van der Waals surface area contributed by atoms with Crippen LogP contribution in [-0.4, -0.2) is 20.9 Å². The lowest BCUT2D eigenvalue weighted by atomic mass is 10.1. The van der Waals surface area contributed by atoms with E-state index < -0.39 is 0 Å². The van der Waals surface area contributed by atoms with Gasteiger partial charge in [-0.15, -0.1) is 5.10 Å². The number of rotatable bonds is 5. The fourth-order valence-corrected chi connectivity index (χ4v) is 2.17. The van der Waals surface area contributed by atoms with E-state index >= 15 is 0 Å². The fourth-order valence-electron chi connectivity index (χ4n) is 1.53. The summed E-state index contributed by atoms with van der Waals surface area (Å²) in [4.78, 5) is 4.39. The maximum atomic E-state index is 8.46. The average Bonchev–Trinajstić information content (AvgIpc) is 2.88. The minimum atomic E-state index is 0.514. The molecule has 5 heteroatoms. The third-order valence-electron chi connectivity index (χ3n) is 2.55. The van der Waals surface area contributed by atoms with Gasteiger partial charge in [0, 0.05) is 17.7 Å². The zero-order valence-corrected chi connectivity index (χ0v) is 11.0. The van der Waals surface area contributed by atoms with Crippen LogP contribution in [0.25, 0.3) is 11.4 Å². The first-order valence-corrected chi connectivity index (χ1v) is 6.83. The van der Waals surface area contributed by atoms with Crippen LogP contribution in [0.2, 0.25) is 0 Å². The number of nitrogens with one attached hydrogen (secondary N) is 1. The number of benzene rings is 1. The third kappa shape index (κ3) is 3.11. The lowest BCUT2D eigenvalue weighted by molar-refractivity contribution is 0.972. The number of hydrogen-bond acceptors (Lipinski definition) is 4. The standard InChI is InChI=1S/C13H14N4S/c1-2-10-4-6-11(7-5-10)12-15-13(17-16-12)18-9-3-8-14/h4-7H,2-3,9H2,1H3,(H,15,16,17). The molecular formula is C13H14N4S. The molecule has 0 bridgehead atoms. The fraction of sp³-hybridized carbons (Fsp3) is 0.308. The summed E-state index contributed by atoms with van der Waals surface area (Å²) < 4.78 is 0. The quantitative estimate of drug-likeness (QED) is 0.661. The number of hydrogen-bond donors (Lipinski definition) is 1. The van der Waals surface area contributed by atoms with Crippen molar-refractivity contribution in [3.63, 3.8) is 0 Å². The second-order valence-electron chi connectivity index (χ2n) is 3.77. The van der Waals surface area contributed by atoms with E-state index in [4.69, 9.17) is 5.26 Å². The summed E-state index contributed by atoms with van der Waals surface area (Å²) in [6.45, 7) is 2.13. The summed E-state index contributed by atoms with van der Waals surface area (Å²) in [7, 11) is 0. The van der Waals surface area contributed by atoms with E-state index in [0.717, 1.165) is 23.6 Å². The smallest absolute Gasteiger partial charge is 0.208 e. The number of aromatic amines is 1. The molecule has 2 aromatic rings. The van der Waals surface area contributed by atoms with Crippen LogP contribution in [0, 0.1) is 11.3 Å². The monoisotopic (exact) mass is 258 g/mol. The second-order valence-corrected chi connectivity index (χ2v) is 4.84. The van der Waals surface area contributed by atoms with Gasteiger partial charge < -0.3 is 0 Å². The van der Waals surface area contributed by atoms with Crippen LogP contribution in [0.5, 0.6) is 0 Å². The van der Waals surface area contributed by atoms with E-state index in [2.05, 4.69) is 40.3 Å². The molecule has 0 fully saturated rings. The second kappa shape index (κ2) is 6.22. The normalized spacial score (nSPS) is 10.2. The lowest BCUT2D eigenvalue weighted by Crippen LogP contribution is -1.83. The Balaban J connectivity index is 2.06. The molecule has 1 heterocycles. The molecule has 1 aromatic carbocycles. The average molecular weight is 258 g/mol. The van der Waals surface area contributed by atoms with E-state index in [1.807, 2.05) is 12.1 Å². The summed E-state index contributed by atoms with van der Waals surface area (Å²) in [5.41, 5.74) is 2.34. The first kappa shape index (κ1) is 12.7. The predicted octanol–water partition coefficient (Wildman–Crippen LogP) is 3.04. The van der Waals surface area contributed by atoms with Gasteiger partial charge in [-0.25, -0.2) is 4.98 Å². The van der Waals surface area contributed by atoms with Gasteiger partial charge in [0.15, 0.2) is 5.82 Å². The highest BCUT2D eigenvalue weighted by atomic mass is 32.2. The molecule has 1 N–H and O–H groups in total. The summed E-state index contributed by atoms with van der Waals surface area (Å²) in [6.07, 6.45) is 1.55. The Morgan fingerprint density at radius 1 is 1.33 bits per heavy atom. The Kier molecular flexibility index (Phi) is 4.37. The number of nitriles is 1. The van der Waals surface area contributed by atoms with Crippen LogP contribution in [0.1, 0.15) is 18.9 Å². The number of aromatic nitrogens is 3. The highest BCUT2D eigenvalue weighted by molar-refractivity contribution is 7.99. The van der Waals surface area contributed by atoms with E-state index in [-0.39, 0.29) is 0 Å². The van der Waals surface area contributed by atoms with Gasteiger partial charge in [0.1, 0.15) is 0 Å². The van der Waals surface area contributed by atoms with Gasteiger partial charge in [-0.1, -0.05) is 43.0 Å². The van der Waals surface area contributed by atoms with E-state index in [9.17, 15) is 0 Å². The summed E-state index contributed by atoms with van der Waals surface area (Å²) in [5, 5.41) is 16.2. The molecule has 0 saturated heterocycles. The largest absolute Gasteiger partial charge is 0.258 e.